The molecule has 1 saturated heterocycles. The van der Waals surface area contributed by atoms with Gasteiger partial charge in [0.15, 0.2) is 0 Å². The number of amides is 2. The zero-order chi connectivity index (χ0) is 16.1. The minimum absolute atomic E-state index is 0.0233. The van der Waals surface area contributed by atoms with Gasteiger partial charge in [-0.25, -0.2) is 0 Å². The molecule has 0 unspecified atom stereocenters. The number of carbonyl (C=O) groups is 2. The van der Waals surface area contributed by atoms with Crippen molar-refractivity contribution in [2.45, 2.75) is 18.9 Å². The largest absolute Gasteiger partial charge is 0.457 e. The van der Waals surface area contributed by atoms with E-state index in [1.807, 2.05) is 30.3 Å². The third-order valence-electron chi connectivity index (χ3n) is 3.67. The molecule has 23 heavy (non-hydrogen) atoms. The summed E-state index contributed by atoms with van der Waals surface area (Å²) in [5.74, 6) is 1.20. The lowest BCUT2D eigenvalue weighted by atomic mass is 10.2. The number of nitrogens with one attached hydrogen (secondary N) is 2. The monoisotopic (exact) mass is 310 g/mol. The summed E-state index contributed by atoms with van der Waals surface area (Å²) < 4.78 is 5.72. The minimum atomic E-state index is -0.176. The van der Waals surface area contributed by atoms with Crippen molar-refractivity contribution in [3.8, 4) is 11.5 Å². The molecule has 0 radical (unpaired) electrons. The predicted octanol–water partition coefficient (Wildman–Crippen LogP) is 2.49. The average Bonchev–Trinajstić information content (AvgIpc) is 2.99. The highest BCUT2D eigenvalue weighted by Crippen LogP contribution is 2.21. The molecule has 5 heteroatoms. The molecule has 0 aliphatic carbocycles. The fraction of sp³-hybridized carbons (Fsp3) is 0.222. The molecule has 1 aliphatic heterocycles. The second kappa shape index (κ2) is 6.96. The molecule has 118 valence electrons. The van der Waals surface area contributed by atoms with Crippen LogP contribution in [-0.2, 0) is 4.79 Å². The van der Waals surface area contributed by atoms with Crippen molar-refractivity contribution in [1.29, 1.82) is 0 Å². The first-order valence-corrected chi connectivity index (χ1v) is 7.61. The van der Waals surface area contributed by atoms with E-state index in [1.165, 1.54) is 0 Å². The number of benzene rings is 2. The maximum atomic E-state index is 12.2. The van der Waals surface area contributed by atoms with E-state index >= 15 is 0 Å². The number of ether oxygens (including phenoxy) is 1. The highest BCUT2D eigenvalue weighted by Gasteiger charge is 2.21. The lowest BCUT2D eigenvalue weighted by Gasteiger charge is -2.12. The van der Waals surface area contributed by atoms with Gasteiger partial charge in [0.2, 0.25) is 5.91 Å². The number of hydrogen-bond acceptors (Lipinski definition) is 3. The zero-order valence-electron chi connectivity index (χ0n) is 12.6. The number of rotatable bonds is 5. The number of hydrogen-bond donors (Lipinski definition) is 2. The fourth-order valence-electron chi connectivity index (χ4n) is 2.47. The lowest BCUT2D eigenvalue weighted by molar-refractivity contribution is -0.119. The van der Waals surface area contributed by atoms with Crippen LogP contribution in [0.3, 0.4) is 0 Å². The molecule has 2 amide bonds. The standard InChI is InChI=1S/C18H18N2O3/c21-17-10-9-14(20-17)12-19-18(22)13-5-4-8-16(11-13)23-15-6-2-1-3-7-15/h1-8,11,14H,9-10,12H2,(H,19,22)(H,20,21)/t14-/m1/s1. The summed E-state index contributed by atoms with van der Waals surface area (Å²) in [5.41, 5.74) is 0.530. The summed E-state index contributed by atoms with van der Waals surface area (Å²) in [4.78, 5) is 23.4. The maximum Gasteiger partial charge on any atom is 0.251 e. The number of carbonyl (C=O) groups excluding carboxylic acids is 2. The van der Waals surface area contributed by atoms with Crippen LogP contribution >= 0.6 is 0 Å². The Morgan fingerprint density at radius 2 is 1.91 bits per heavy atom. The molecule has 1 aliphatic rings. The Balaban J connectivity index is 1.60. The highest BCUT2D eigenvalue weighted by atomic mass is 16.5. The van der Waals surface area contributed by atoms with E-state index in [4.69, 9.17) is 4.74 Å². The summed E-state index contributed by atoms with van der Waals surface area (Å²) in [6.45, 7) is 0.439. The van der Waals surface area contributed by atoms with E-state index in [2.05, 4.69) is 10.6 Å². The molecular formula is C18H18N2O3. The van der Waals surface area contributed by atoms with Gasteiger partial charge in [0, 0.05) is 24.6 Å². The second-order valence-electron chi connectivity index (χ2n) is 5.46. The summed E-state index contributed by atoms with van der Waals surface area (Å²) in [6, 6.07) is 16.5. The van der Waals surface area contributed by atoms with Gasteiger partial charge < -0.3 is 15.4 Å². The van der Waals surface area contributed by atoms with Crippen LogP contribution in [0.4, 0.5) is 0 Å². The van der Waals surface area contributed by atoms with Crippen molar-refractivity contribution in [3.05, 3.63) is 60.2 Å². The molecule has 0 bridgehead atoms. The first-order chi connectivity index (χ1) is 11.2. The van der Waals surface area contributed by atoms with E-state index < -0.39 is 0 Å². The third kappa shape index (κ3) is 4.10. The van der Waals surface area contributed by atoms with Crippen LogP contribution in [0.5, 0.6) is 11.5 Å². The van der Waals surface area contributed by atoms with Crippen LogP contribution in [0, 0.1) is 0 Å². The van der Waals surface area contributed by atoms with Crippen molar-refractivity contribution in [2.24, 2.45) is 0 Å². The van der Waals surface area contributed by atoms with Crippen LogP contribution in [0.25, 0.3) is 0 Å². The van der Waals surface area contributed by atoms with Gasteiger partial charge in [-0.2, -0.15) is 0 Å². The van der Waals surface area contributed by atoms with E-state index in [1.54, 1.807) is 24.3 Å². The van der Waals surface area contributed by atoms with E-state index in [9.17, 15) is 9.59 Å². The molecule has 1 heterocycles. The van der Waals surface area contributed by atoms with Crippen molar-refractivity contribution < 1.29 is 14.3 Å². The van der Waals surface area contributed by atoms with Crippen LogP contribution < -0.4 is 15.4 Å². The summed E-state index contributed by atoms with van der Waals surface area (Å²) in [7, 11) is 0. The minimum Gasteiger partial charge on any atom is -0.457 e. The van der Waals surface area contributed by atoms with Crippen LogP contribution in [-0.4, -0.2) is 24.4 Å². The predicted molar refractivity (Wildman–Crippen MR) is 86.5 cm³/mol. The van der Waals surface area contributed by atoms with E-state index in [-0.39, 0.29) is 17.9 Å². The normalized spacial score (nSPS) is 16.7. The van der Waals surface area contributed by atoms with Gasteiger partial charge in [-0.1, -0.05) is 24.3 Å². The van der Waals surface area contributed by atoms with Gasteiger partial charge in [0.1, 0.15) is 11.5 Å². The van der Waals surface area contributed by atoms with Gasteiger partial charge in [-0.3, -0.25) is 9.59 Å². The van der Waals surface area contributed by atoms with Crippen molar-refractivity contribution in [2.75, 3.05) is 6.54 Å². The molecule has 1 atom stereocenters. The SMILES string of the molecule is O=C1CC[C@H](CNC(=O)c2cccc(Oc3ccccc3)c2)N1. The zero-order valence-corrected chi connectivity index (χ0v) is 12.6. The van der Waals surface area contributed by atoms with Gasteiger partial charge in [0.05, 0.1) is 0 Å². The summed E-state index contributed by atoms with van der Waals surface area (Å²) in [5, 5.41) is 5.67. The van der Waals surface area contributed by atoms with Crippen LogP contribution in [0.1, 0.15) is 23.2 Å². The Kier molecular flexibility index (Phi) is 4.57. The van der Waals surface area contributed by atoms with E-state index in [0.29, 0.717) is 24.3 Å². The maximum absolute atomic E-state index is 12.2. The van der Waals surface area contributed by atoms with Crippen LogP contribution in [0.15, 0.2) is 54.6 Å². The van der Waals surface area contributed by atoms with E-state index in [0.717, 1.165) is 12.2 Å². The number of para-hydroxylation sites is 1. The van der Waals surface area contributed by atoms with Crippen LogP contribution in [0.2, 0.25) is 0 Å². The summed E-state index contributed by atoms with van der Waals surface area (Å²) in [6.07, 6.45) is 1.29. The molecule has 0 saturated carbocycles. The summed E-state index contributed by atoms with van der Waals surface area (Å²) >= 11 is 0. The first-order valence-electron chi connectivity index (χ1n) is 7.61. The quantitative estimate of drug-likeness (QED) is 0.891. The molecular weight excluding hydrogens is 292 g/mol. The Bertz CT molecular complexity index is 700. The first kappa shape index (κ1) is 15.1. The Hall–Kier alpha value is -2.82. The molecule has 0 spiro atoms. The van der Waals surface area contributed by atoms with Gasteiger partial charge >= 0.3 is 0 Å². The third-order valence-corrected chi connectivity index (χ3v) is 3.67. The average molecular weight is 310 g/mol. The molecule has 2 aromatic rings. The molecule has 0 aromatic heterocycles. The second-order valence-corrected chi connectivity index (χ2v) is 5.46. The molecule has 2 N–H and O–H groups in total. The molecule has 1 fully saturated rings. The lowest BCUT2D eigenvalue weighted by Crippen LogP contribution is -2.38. The molecule has 5 nitrogen and oxygen atoms in total. The molecule has 2 aromatic carbocycles. The Morgan fingerprint density at radius 3 is 2.65 bits per heavy atom. The van der Waals surface area contributed by atoms with Crippen molar-refractivity contribution in [3.63, 3.8) is 0 Å². The van der Waals surface area contributed by atoms with Gasteiger partial charge in [-0.05, 0) is 36.8 Å². The highest BCUT2D eigenvalue weighted by molar-refractivity contribution is 5.94. The molecule has 3 rings (SSSR count). The van der Waals surface area contributed by atoms with Crippen molar-refractivity contribution in [1.82, 2.24) is 10.6 Å². The smallest absolute Gasteiger partial charge is 0.251 e. The Labute approximate surface area is 134 Å². The van der Waals surface area contributed by atoms with Crippen molar-refractivity contribution >= 4 is 11.8 Å². The van der Waals surface area contributed by atoms with Gasteiger partial charge in [0.25, 0.3) is 5.91 Å². The Morgan fingerprint density at radius 1 is 1.13 bits per heavy atom. The fourth-order valence-corrected chi connectivity index (χ4v) is 2.47. The van der Waals surface area contributed by atoms with Gasteiger partial charge in [-0.15, -0.1) is 0 Å². The topological polar surface area (TPSA) is 67.4 Å².